The maximum absolute atomic E-state index is 12.9. The number of nitrogens with zero attached hydrogens (tertiary/aromatic N) is 1. The van der Waals surface area contributed by atoms with Gasteiger partial charge in [0.15, 0.2) is 0 Å². The van der Waals surface area contributed by atoms with Gasteiger partial charge in [0.2, 0.25) is 5.91 Å². The standard InChI is InChI=1S/C18H23NO5S/c1-10-6-4-5-7-12(10)15-13(18(23)24-3)8-14(17(21)22)19(15)16(20)11(2)9-25/h4-7,11,13-15,25H,8-9H2,1-3H3,(H,21,22)/t11-,13+,14+,15+/m1/s1. The van der Waals surface area contributed by atoms with Crippen LogP contribution in [0.15, 0.2) is 24.3 Å². The first-order valence-corrected chi connectivity index (χ1v) is 8.75. The van der Waals surface area contributed by atoms with Crippen molar-refractivity contribution in [2.24, 2.45) is 11.8 Å². The summed E-state index contributed by atoms with van der Waals surface area (Å²) in [4.78, 5) is 38.3. The van der Waals surface area contributed by atoms with Gasteiger partial charge >= 0.3 is 11.9 Å². The van der Waals surface area contributed by atoms with Gasteiger partial charge in [-0.2, -0.15) is 12.6 Å². The molecular weight excluding hydrogens is 342 g/mol. The van der Waals surface area contributed by atoms with E-state index in [4.69, 9.17) is 4.74 Å². The highest BCUT2D eigenvalue weighted by Crippen LogP contribution is 2.43. The Hall–Kier alpha value is -2.02. The number of hydrogen-bond acceptors (Lipinski definition) is 5. The summed E-state index contributed by atoms with van der Waals surface area (Å²) in [6.45, 7) is 3.58. The summed E-state index contributed by atoms with van der Waals surface area (Å²) in [6, 6.07) is 5.65. The van der Waals surface area contributed by atoms with Crippen LogP contribution in [0.3, 0.4) is 0 Å². The molecule has 1 N–H and O–H groups in total. The Bertz CT molecular complexity index is 677. The third-order valence-corrected chi connectivity index (χ3v) is 5.29. The molecule has 1 aliphatic heterocycles. The van der Waals surface area contributed by atoms with E-state index in [1.165, 1.54) is 12.0 Å². The Balaban J connectivity index is 2.59. The Morgan fingerprint density at radius 3 is 2.52 bits per heavy atom. The molecule has 7 heteroatoms. The molecule has 1 fully saturated rings. The second-order valence-corrected chi connectivity index (χ2v) is 6.72. The van der Waals surface area contributed by atoms with Crippen LogP contribution in [-0.4, -0.2) is 46.8 Å². The highest BCUT2D eigenvalue weighted by atomic mass is 32.1. The van der Waals surface area contributed by atoms with Crippen LogP contribution in [-0.2, 0) is 19.1 Å². The number of ether oxygens (including phenoxy) is 1. The number of methoxy groups -OCH3 is 1. The molecular formula is C18H23NO5S. The van der Waals surface area contributed by atoms with E-state index in [1.807, 2.05) is 31.2 Å². The highest BCUT2D eigenvalue weighted by molar-refractivity contribution is 7.80. The van der Waals surface area contributed by atoms with Crippen molar-refractivity contribution in [3.05, 3.63) is 35.4 Å². The minimum atomic E-state index is -1.12. The van der Waals surface area contributed by atoms with Gasteiger partial charge in [-0.1, -0.05) is 31.2 Å². The van der Waals surface area contributed by atoms with Crippen LogP contribution < -0.4 is 0 Å². The molecule has 0 radical (unpaired) electrons. The summed E-state index contributed by atoms with van der Waals surface area (Å²) in [5, 5.41) is 9.63. The summed E-state index contributed by atoms with van der Waals surface area (Å²) < 4.78 is 4.88. The number of thiol groups is 1. The van der Waals surface area contributed by atoms with Gasteiger partial charge < -0.3 is 14.7 Å². The molecule has 0 aromatic heterocycles. The zero-order valence-electron chi connectivity index (χ0n) is 14.5. The fraction of sp³-hybridized carbons (Fsp3) is 0.500. The van der Waals surface area contributed by atoms with E-state index in [0.29, 0.717) is 5.75 Å². The van der Waals surface area contributed by atoms with Crippen LogP contribution in [0.25, 0.3) is 0 Å². The van der Waals surface area contributed by atoms with Crippen molar-refractivity contribution in [2.45, 2.75) is 32.4 Å². The third kappa shape index (κ3) is 3.66. The van der Waals surface area contributed by atoms with Gasteiger partial charge in [-0.25, -0.2) is 4.79 Å². The molecule has 136 valence electrons. The fourth-order valence-corrected chi connectivity index (χ4v) is 3.53. The summed E-state index contributed by atoms with van der Waals surface area (Å²) in [7, 11) is 1.27. The first-order chi connectivity index (χ1) is 11.8. The van der Waals surface area contributed by atoms with Gasteiger partial charge in [0.05, 0.1) is 19.1 Å². The number of amides is 1. The van der Waals surface area contributed by atoms with Gasteiger partial charge in [-0.05, 0) is 24.5 Å². The molecule has 6 nitrogen and oxygen atoms in total. The summed E-state index contributed by atoms with van der Waals surface area (Å²) in [5.41, 5.74) is 1.66. The molecule has 1 amide bonds. The lowest BCUT2D eigenvalue weighted by Gasteiger charge is -2.32. The molecule has 0 bridgehead atoms. The summed E-state index contributed by atoms with van der Waals surface area (Å²) >= 11 is 4.16. The zero-order valence-corrected chi connectivity index (χ0v) is 15.4. The lowest BCUT2D eigenvalue weighted by atomic mass is 9.90. The van der Waals surface area contributed by atoms with Crippen molar-refractivity contribution >= 4 is 30.5 Å². The molecule has 4 atom stereocenters. The zero-order chi connectivity index (χ0) is 18.7. The van der Waals surface area contributed by atoms with E-state index >= 15 is 0 Å². The lowest BCUT2D eigenvalue weighted by molar-refractivity contribution is -0.152. The Morgan fingerprint density at radius 1 is 1.36 bits per heavy atom. The maximum atomic E-state index is 12.9. The number of rotatable bonds is 5. The van der Waals surface area contributed by atoms with Gasteiger partial charge in [0.25, 0.3) is 0 Å². The summed E-state index contributed by atoms with van der Waals surface area (Å²) in [5.74, 6) is -2.82. The average molecular weight is 365 g/mol. The largest absolute Gasteiger partial charge is 0.480 e. The smallest absolute Gasteiger partial charge is 0.326 e. The van der Waals surface area contributed by atoms with Crippen molar-refractivity contribution < 1.29 is 24.2 Å². The number of benzene rings is 1. The summed E-state index contributed by atoms with van der Waals surface area (Å²) in [6.07, 6.45) is 0.0338. The van der Waals surface area contributed by atoms with Crippen LogP contribution in [0.5, 0.6) is 0 Å². The van der Waals surface area contributed by atoms with Crippen LogP contribution in [0, 0.1) is 18.8 Å². The van der Waals surface area contributed by atoms with Crippen LogP contribution in [0.2, 0.25) is 0 Å². The van der Waals surface area contributed by atoms with E-state index in [0.717, 1.165) is 11.1 Å². The third-order valence-electron chi connectivity index (χ3n) is 4.74. The first-order valence-electron chi connectivity index (χ1n) is 8.12. The van der Waals surface area contributed by atoms with Gasteiger partial charge in [0, 0.05) is 11.7 Å². The van der Waals surface area contributed by atoms with Crippen molar-refractivity contribution in [1.82, 2.24) is 4.90 Å². The fourth-order valence-electron chi connectivity index (χ4n) is 3.38. The molecule has 2 rings (SSSR count). The number of likely N-dealkylation sites (tertiary alicyclic amines) is 1. The minimum absolute atomic E-state index is 0.0338. The van der Waals surface area contributed by atoms with Gasteiger partial charge in [0.1, 0.15) is 6.04 Å². The number of aliphatic carboxylic acids is 1. The molecule has 0 aliphatic carbocycles. The number of carbonyl (C=O) groups is 3. The molecule has 1 heterocycles. The maximum Gasteiger partial charge on any atom is 0.326 e. The number of hydrogen-bond donors (Lipinski definition) is 2. The van der Waals surface area contributed by atoms with Crippen molar-refractivity contribution in [3.63, 3.8) is 0 Å². The topological polar surface area (TPSA) is 83.9 Å². The van der Waals surface area contributed by atoms with Gasteiger partial charge in [-0.15, -0.1) is 0 Å². The lowest BCUT2D eigenvalue weighted by Crippen LogP contribution is -2.45. The Labute approximate surface area is 152 Å². The second-order valence-electron chi connectivity index (χ2n) is 6.35. The molecule has 1 saturated heterocycles. The van der Waals surface area contributed by atoms with Crippen LogP contribution in [0.4, 0.5) is 0 Å². The monoisotopic (exact) mass is 365 g/mol. The van der Waals surface area contributed by atoms with E-state index in [9.17, 15) is 19.5 Å². The van der Waals surface area contributed by atoms with Gasteiger partial charge in [-0.3, -0.25) is 9.59 Å². The molecule has 25 heavy (non-hydrogen) atoms. The number of carboxylic acids is 1. The minimum Gasteiger partial charge on any atom is -0.480 e. The molecule has 0 saturated carbocycles. The predicted octanol–water partition coefficient (Wildman–Crippen LogP) is 2.08. The number of carbonyl (C=O) groups excluding carboxylic acids is 2. The van der Waals surface area contributed by atoms with E-state index in [1.54, 1.807) is 6.92 Å². The van der Waals surface area contributed by atoms with Crippen molar-refractivity contribution in [1.29, 1.82) is 0 Å². The molecule has 1 aromatic carbocycles. The number of esters is 1. The first kappa shape index (κ1) is 19.3. The second kappa shape index (κ2) is 7.91. The highest BCUT2D eigenvalue weighted by Gasteiger charge is 2.51. The normalized spacial score (nSPS) is 24.0. The molecule has 1 aromatic rings. The predicted molar refractivity (Wildman–Crippen MR) is 95.3 cm³/mol. The van der Waals surface area contributed by atoms with Crippen molar-refractivity contribution in [3.8, 4) is 0 Å². The molecule has 0 spiro atoms. The quantitative estimate of drug-likeness (QED) is 0.616. The Kier molecular flexibility index (Phi) is 6.11. The van der Waals surface area contributed by atoms with Crippen molar-refractivity contribution in [2.75, 3.05) is 12.9 Å². The number of aryl methyl sites for hydroxylation is 1. The number of carboxylic acid groups (broad SMARTS) is 1. The van der Waals surface area contributed by atoms with E-state index in [-0.39, 0.29) is 12.3 Å². The van der Waals surface area contributed by atoms with Crippen LogP contribution >= 0.6 is 12.6 Å². The van der Waals surface area contributed by atoms with Crippen LogP contribution in [0.1, 0.15) is 30.5 Å². The Morgan fingerprint density at radius 2 is 2.00 bits per heavy atom. The average Bonchev–Trinajstić information content (AvgIpc) is 3.00. The van der Waals surface area contributed by atoms with E-state index in [2.05, 4.69) is 12.6 Å². The molecule has 0 unspecified atom stereocenters. The SMILES string of the molecule is COC(=O)[C@H]1C[C@@H](C(=O)O)N(C(=O)[C@H](C)CS)[C@H]1c1ccccc1C. The van der Waals surface area contributed by atoms with E-state index < -0.39 is 35.9 Å². The molecule has 1 aliphatic rings.